The summed E-state index contributed by atoms with van der Waals surface area (Å²) in [7, 11) is 0. The summed E-state index contributed by atoms with van der Waals surface area (Å²) in [5.74, 6) is -3.32. The molecule has 1 amide bonds. The summed E-state index contributed by atoms with van der Waals surface area (Å²) in [4.78, 5) is 20.8. The highest BCUT2D eigenvalue weighted by atomic mass is 19.3. The molecular weight excluding hydrogens is 250 g/mol. The molecule has 0 aliphatic carbocycles. The van der Waals surface area contributed by atoms with Crippen molar-refractivity contribution in [2.45, 2.75) is 12.0 Å². The van der Waals surface area contributed by atoms with Gasteiger partial charge in [-0.25, -0.2) is 13.6 Å². The Morgan fingerprint density at radius 3 is 2.89 bits per heavy atom. The second-order valence-corrected chi connectivity index (χ2v) is 3.77. The van der Waals surface area contributed by atoms with Crippen molar-refractivity contribution in [1.29, 1.82) is 0 Å². The largest absolute Gasteiger partial charge is 0.443 e. The number of nitro benzene ring substituents is 1. The zero-order chi connectivity index (χ0) is 13.3. The molecule has 2 rings (SSSR count). The number of alkyl carbamates (subject to hydrolysis) is 1. The van der Waals surface area contributed by atoms with Crippen LogP contribution in [0.1, 0.15) is 11.6 Å². The molecule has 0 unspecified atom stereocenters. The number of hydrogen-bond donors (Lipinski definition) is 1. The standard InChI is InChI=1S/C10H8F2N2O4/c11-10(12)5-18-9(15)13-8(10)6-2-1-3-7(4-6)14(16)17/h1-4,8H,5H2,(H,13,15)/t8-/m1/s1. The van der Waals surface area contributed by atoms with Crippen molar-refractivity contribution >= 4 is 11.8 Å². The van der Waals surface area contributed by atoms with Crippen LogP contribution in [0.15, 0.2) is 24.3 Å². The maximum absolute atomic E-state index is 13.6. The van der Waals surface area contributed by atoms with Crippen LogP contribution in [0, 0.1) is 10.1 Å². The van der Waals surface area contributed by atoms with Crippen LogP contribution in [0.3, 0.4) is 0 Å². The molecule has 8 heteroatoms. The third kappa shape index (κ3) is 2.22. The van der Waals surface area contributed by atoms with E-state index >= 15 is 0 Å². The van der Waals surface area contributed by atoms with E-state index in [-0.39, 0.29) is 11.3 Å². The van der Waals surface area contributed by atoms with Crippen molar-refractivity contribution in [3.05, 3.63) is 39.9 Å². The van der Waals surface area contributed by atoms with E-state index in [2.05, 4.69) is 4.74 Å². The molecule has 0 radical (unpaired) electrons. The Labute approximate surface area is 99.7 Å². The van der Waals surface area contributed by atoms with Gasteiger partial charge < -0.3 is 10.1 Å². The molecule has 6 nitrogen and oxygen atoms in total. The normalized spacial score (nSPS) is 21.9. The predicted octanol–water partition coefficient (Wildman–Crippen LogP) is 2.01. The molecule has 0 spiro atoms. The van der Waals surface area contributed by atoms with E-state index in [1.807, 2.05) is 5.32 Å². The lowest BCUT2D eigenvalue weighted by Gasteiger charge is -2.31. The van der Waals surface area contributed by atoms with Gasteiger partial charge in [-0.3, -0.25) is 10.1 Å². The van der Waals surface area contributed by atoms with Gasteiger partial charge in [-0.2, -0.15) is 0 Å². The Kier molecular flexibility index (Phi) is 2.85. The molecule has 1 aromatic carbocycles. The first kappa shape index (κ1) is 12.2. The molecule has 18 heavy (non-hydrogen) atoms. The van der Waals surface area contributed by atoms with E-state index in [4.69, 9.17) is 0 Å². The molecule has 1 fully saturated rings. The average molecular weight is 258 g/mol. The molecule has 1 aliphatic heterocycles. The van der Waals surface area contributed by atoms with Crippen molar-refractivity contribution in [3.8, 4) is 0 Å². The summed E-state index contributed by atoms with van der Waals surface area (Å²) in [6.07, 6.45) is -0.975. The van der Waals surface area contributed by atoms with Gasteiger partial charge in [0.05, 0.1) is 4.92 Å². The highest BCUT2D eigenvalue weighted by Crippen LogP contribution is 2.35. The average Bonchev–Trinajstić information content (AvgIpc) is 2.32. The van der Waals surface area contributed by atoms with Crippen LogP contribution in [-0.4, -0.2) is 23.5 Å². The minimum absolute atomic E-state index is 0.0362. The highest BCUT2D eigenvalue weighted by Gasteiger charge is 2.47. The minimum Gasteiger partial charge on any atom is -0.443 e. The lowest BCUT2D eigenvalue weighted by Crippen LogP contribution is -2.49. The Balaban J connectivity index is 2.37. The number of cyclic esters (lactones) is 1. The number of amides is 1. The number of nitro groups is 1. The Hall–Kier alpha value is -2.25. The molecular formula is C10H8F2N2O4. The summed E-state index contributed by atoms with van der Waals surface area (Å²) < 4.78 is 31.3. The third-order valence-corrected chi connectivity index (χ3v) is 2.49. The fraction of sp³-hybridized carbons (Fsp3) is 0.300. The van der Waals surface area contributed by atoms with Gasteiger partial charge in [0.25, 0.3) is 5.69 Å². The van der Waals surface area contributed by atoms with Crippen molar-refractivity contribution in [3.63, 3.8) is 0 Å². The summed E-state index contributed by atoms with van der Waals surface area (Å²) in [6, 6.07) is 3.13. The summed E-state index contributed by atoms with van der Waals surface area (Å²) in [5, 5.41) is 12.5. The molecule has 0 saturated carbocycles. The van der Waals surface area contributed by atoms with Crippen LogP contribution in [0.2, 0.25) is 0 Å². The number of nitrogens with one attached hydrogen (secondary N) is 1. The number of benzene rings is 1. The predicted molar refractivity (Wildman–Crippen MR) is 55.3 cm³/mol. The van der Waals surface area contributed by atoms with Crippen LogP contribution >= 0.6 is 0 Å². The lowest BCUT2D eigenvalue weighted by molar-refractivity contribution is -0.385. The Morgan fingerprint density at radius 1 is 1.50 bits per heavy atom. The van der Waals surface area contributed by atoms with Crippen LogP contribution in [-0.2, 0) is 4.74 Å². The molecule has 1 aliphatic rings. The molecule has 0 aromatic heterocycles. The lowest BCUT2D eigenvalue weighted by atomic mass is 10.00. The van der Waals surface area contributed by atoms with Gasteiger partial charge in [-0.15, -0.1) is 0 Å². The monoisotopic (exact) mass is 258 g/mol. The topological polar surface area (TPSA) is 81.5 Å². The van der Waals surface area contributed by atoms with Crippen LogP contribution in [0.5, 0.6) is 0 Å². The van der Waals surface area contributed by atoms with Crippen molar-refractivity contribution < 1.29 is 23.2 Å². The zero-order valence-corrected chi connectivity index (χ0v) is 8.93. The quantitative estimate of drug-likeness (QED) is 0.649. The Morgan fingerprint density at radius 2 is 2.22 bits per heavy atom. The van der Waals surface area contributed by atoms with Crippen LogP contribution in [0.25, 0.3) is 0 Å². The van der Waals surface area contributed by atoms with E-state index in [0.29, 0.717) is 0 Å². The molecule has 0 bridgehead atoms. The van der Waals surface area contributed by atoms with E-state index in [9.17, 15) is 23.7 Å². The van der Waals surface area contributed by atoms with Crippen LogP contribution < -0.4 is 5.32 Å². The number of halogens is 2. The van der Waals surface area contributed by atoms with Gasteiger partial charge in [0.15, 0.2) is 6.61 Å². The second-order valence-electron chi connectivity index (χ2n) is 3.77. The number of nitrogens with zero attached hydrogens (tertiary/aromatic N) is 1. The number of rotatable bonds is 2. The number of hydrogen-bond acceptors (Lipinski definition) is 4. The number of carbonyl (C=O) groups excluding carboxylic acids is 1. The molecule has 1 atom stereocenters. The second kappa shape index (κ2) is 4.21. The first-order valence-corrected chi connectivity index (χ1v) is 4.95. The van der Waals surface area contributed by atoms with Gasteiger partial charge in [0.1, 0.15) is 6.04 Å². The van der Waals surface area contributed by atoms with E-state index in [0.717, 1.165) is 6.07 Å². The first-order chi connectivity index (χ1) is 8.40. The third-order valence-electron chi connectivity index (χ3n) is 2.49. The SMILES string of the molecule is O=C1N[C@H](c2cccc([N+](=O)[O-])c2)C(F)(F)CO1. The maximum atomic E-state index is 13.6. The molecule has 1 heterocycles. The van der Waals surface area contributed by atoms with Gasteiger partial charge in [0.2, 0.25) is 0 Å². The molecule has 1 aromatic rings. The number of carbonyl (C=O) groups is 1. The van der Waals surface area contributed by atoms with Crippen LogP contribution in [0.4, 0.5) is 19.3 Å². The maximum Gasteiger partial charge on any atom is 0.408 e. The fourth-order valence-electron chi connectivity index (χ4n) is 1.66. The number of alkyl halides is 2. The van der Waals surface area contributed by atoms with Gasteiger partial charge in [0, 0.05) is 12.1 Å². The van der Waals surface area contributed by atoms with Crippen molar-refractivity contribution in [1.82, 2.24) is 5.32 Å². The highest BCUT2D eigenvalue weighted by molar-refractivity contribution is 5.69. The van der Waals surface area contributed by atoms with E-state index < -0.39 is 29.6 Å². The smallest absolute Gasteiger partial charge is 0.408 e. The van der Waals surface area contributed by atoms with Crippen molar-refractivity contribution in [2.75, 3.05) is 6.61 Å². The first-order valence-electron chi connectivity index (χ1n) is 4.95. The number of ether oxygens (including phenoxy) is 1. The van der Waals surface area contributed by atoms with Gasteiger partial charge >= 0.3 is 12.0 Å². The zero-order valence-electron chi connectivity index (χ0n) is 8.93. The van der Waals surface area contributed by atoms with Gasteiger partial charge in [-0.05, 0) is 5.56 Å². The minimum atomic E-state index is -3.32. The van der Waals surface area contributed by atoms with E-state index in [1.54, 1.807) is 0 Å². The molecule has 1 N–H and O–H groups in total. The molecule has 1 saturated heterocycles. The molecule has 96 valence electrons. The van der Waals surface area contributed by atoms with Gasteiger partial charge in [-0.1, -0.05) is 12.1 Å². The Bertz CT molecular complexity index is 506. The summed E-state index contributed by atoms with van der Waals surface area (Å²) >= 11 is 0. The summed E-state index contributed by atoms with van der Waals surface area (Å²) in [6.45, 7) is -1.05. The van der Waals surface area contributed by atoms with E-state index in [1.165, 1.54) is 18.2 Å². The van der Waals surface area contributed by atoms with Crippen molar-refractivity contribution in [2.24, 2.45) is 0 Å². The fourth-order valence-corrected chi connectivity index (χ4v) is 1.66. The summed E-state index contributed by atoms with van der Waals surface area (Å²) in [5.41, 5.74) is -0.352. The number of non-ortho nitro benzene ring substituents is 1.